The van der Waals surface area contributed by atoms with Gasteiger partial charge in [-0.3, -0.25) is 0 Å². The van der Waals surface area contributed by atoms with Crippen LogP contribution in [0, 0.1) is 0 Å². The van der Waals surface area contributed by atoms with Gasteiger partial charge in [0.15, 0.2) is 5.82 Å². The van der Waals surface area contributed by atoms with E-state index in [1.807, 2.05) is 19.0 Å². The van der Waals surface area contributed by atoms with Gasteiger partial charge in [-0.1, -0.05) is 11.6 Å². The molecule has 8 nitrogen and oxygen atoms in total. The van der Waals surface area contributed by atoms with Gasteiger partial charge in [-0.15, -0.1) is 10.2 Å². The van der Waals surface area contributed by atoms with Crippen LogP contribution in [-0.2, 0) is 10.0 Å². The number of rotatable bonds is 6. The zero-order chi connectivity index (χ0) is 19.6. The molecule has 2 heterocycles. The maximum Gasteiger partial charge on any atom is 0.246 e. The molecule has 2 aromatic rings. The zero-order valence-corrected chi connectivity index (χ0v) is 16.9. The molecule has 1 aliphatic rings. The molecule has 3 rings (SSSR count). The summed E-state index contributed by atoms with van der Waals surface area (Å²) in [6, 6.07) is 8.05. The van der Waals surface area contributed by atoms with Gasteiger partial charge in [0.1, 0.15) is 16.7 Å². The molecule has 146 valence electrons. The monoisotopic (exact) mass is 412 g/mol. The average Bonchev–Trinajstić information content (AvgIpc) is 3.11. The Bertz CT molecular complexity index is 906. The van der Waals surface area contributed by atoms with E-state index in [9.17, 15) is 8.42 Å². The quantitative estimate of drug-likeness (QED) is 0.717. The number of halogens is 1. The number of anilines is 1. The molecule has 0 bridgehead atoms. The second-order valence-corrected chi connectivity index (χ2v) is 8.65. The van der Waals surface area contributed by atoms with Crippen molar-refractivity contribution in [2.45, 2.75) is 17.4 Å². The van der Waals surface area contributed by atoms with Crippen LogP contribution in [0.5, 0.6) is 11.6 Å². The smallest absolute Gasteiger partial charge is 0.246 e. The van der Waals surface area contributed by atoms with Gasteiger partial charge in [-0.25, -0.2) is 8.42 Å². The predicted molar refractivity (Wildman–Crippen MR) is 102 cm³/mol. The zero-order valence-electron chi connectivity index (χ0n) is 15.3. The fraction of sp³-hybridized carbons (Fsp3) is 0.412. The number of methoxy groups -OCH3 is 1. The van der Waals surface area contributed by atoms with Gasteiger partial charge in [0.2, 0.25) is 15.9 Å². The Hall–Kier alpha value is -2.10. The Balaban J connectivity index is 1.72. The highest BCUT2D eigenvalue weighted by Gasteiger charge is 2.35. The highest BCUT2D eigenvalue weighted by atomic mass is 35.5. The molecular formula is C17H21ClN4O4S. The molecule has 0 aliphatic carbocycles. The third-order valence-electron chi connectivity index (χ3n) is 4.22. The molecule has 1 atom stereocenters. The van der Waals surface area contributed by atoms with Crippen LogP contribution in [0.2, 0.25) is 5.02 Å². The van der Waals surface area contributed by atoms with Crippen molar-refractivity contribution in [3.63, 3.8) is 0 Å². The largest absolute Gasteiger partial charge is 0.495 e. The molecule has 1 aromatic carbocycles. The fourth-order valence-corrected chi connectivity index (χ4v) is 4.69. The predicted octanol–water partition coefficient (Wildman–Crippen LogP) is 2.05. The summed E-state index contributed by atoms with van der Waals surface area (Å²) >= 11 is 5.98. The van der Waals surface area contributed by atoms with E-state index in [-0.39, 0.29) is 23.3 Å². The molecule has 0 radical (unpaired) electrons. The minimum Gasteiger partial charge on any atom is -0.495 e. The second-order valence-electron chi connectivity index (χ2n) is 6.31. The molecule has 0 saturated carbocycles. The molecule has 1 fully saturated rings. The van der Waals surface area contributed by atoms with Gasteiger partial charge in [-0.05, 0) is 30.7 Å². The maximum atomic E-state index is 13.0. The first kappa shape index (κ1) is 19.7. The van der Waals surface area contributed by atoms with Crippen molar-refractivity contribution >= 4 is 27.4 Å². The van der Waals surface area contributed by atoms with E-state index in [0.29, 0.717) is 29.7 Å². The lowest BCUT2D eigenvalue weighted by Gasteiger charge is -2.19. The van der Waals surface area contributed by atoms with Crippen LogP contribution in [0.4, 0.5) is 5.82 Å². The van der Waals surface area contributed by atoms with Crippen molar-refractivity contribution in [2.75, 3.05) is 39.2 Å². The first-order chi connectivity index (χ1) is 12.8. The van der Waals surface area contributed by atoms with Gasteiger partial charge in [-0.2, -0.15) is 4.31 Å². The van der Waals surface area contributed by atoms with E-state index in [1.165, 1.54) is 17.5 Å². The molecule has 10 heteroatoms. The summed E-state index contributed by atoms with van der Waals surface area (Å²) in [7, 11) is 1.42. The lowest BCUT2D eigenvalue weighted by molar-refractivity contribution is 0.204. The van der Waals surface area contributed by atoms with Crippen LogP contribution in [0.1, 0.15) is 6.42 Å². The summed E-state index contributed by atoms with van der Waals surface area (Å²) in [4.78, 5) is 1.88. The summed E-state index contributed by atoms with van der Waals surface area (Å²) < 4.78 is 38.3. The first-order valence-corrected chi connectivity index (χ1v) is 10.1. The minimum atomic E-state index is -3.75. The SMILES string of the molecule is COc1ccc(Cl)cc1S(=O)(=O)N1CCC(Oc2ccc(N(C)C)nn2)C1. The Morgan fingerprint density at radius 2 is 2.00 bits per heavy atom. The van der Waals surface area contributed by atoms with E-state index in [2.05, 4.69) is 10.2 Å². The second kappa shape index (κ2) is 7.87. The van der Waals surface area contributed by atoms with Crippen molar-refractivity contribution in [1.82, 2.24) is 14.5 Å². The molecule has 1 aliphatic heterocycles. The molecule has 1 saturated heterocycles. The number of benzene rings is 1. The van der Waals surface area contributed by atoms with E-state index < -0.39 is 10.0 Å². The molecule has 1 aromatic heterocycles. The van der Waals surface area contributed by atoms with E-state index in [1.54, 1.807) is 24.3 Å². The summed E-state index contributed by atoms with van der Waals surface area (Å²) in [6.07, 6.45) is 0.253. The number of hydrogen-bond acceptors (Lipinski definition) is 7. The fourth-order valence-electron chi connectivity index (χ4n) is 2.79. The minimum absolute atomic E-state index is 0.0493. The number of hydrogen-bond donors (Lipinski definition) is 0. The normalized spacial score (nSPS) is 17.7. The van der Waals surface area contributed by atoms with Gasteiger partial charge in [0.25, 0.3) is 0 Å². The van der Waals surface area contributed by atoms with Crippen molar-refractivity contribution in [2.24, 2.45) is 0 Å². The maximum absolute atomic E-state index is 13.0. The van der Waals surface area contributed by atoms with E-state index in [0.717, 1.165) is 0 Å². The molecule has 1 unspecified atom stereocenters. The van der Waals surface area contributed by atoms with Crippen LogP contribution >= 0.6 is 11.6 Å². The van der Waals surface area contributed by atoms with Crippen molar-refractivity contribution in [1.29, 1.82) is 0 Å². The third kappa shape index (κ3) is 4.26. The van der Waals surface area contributed by atoms with E-state index in [4.69, 9.17) is 21.1 Å². The van der Waals surface area contributed by atoms with Crippen LogP contribution in [0.3, 0.4) is 0 Å². The molecule has 27 heavy (non-hydrogen) atoms. The highest BCUT2D eigenvalue weighted by molar-refractivity contribution is 7.89. The summed E-state index contributed by atoms with van der Waals surface area (Å²) in [5, 5.41) is 8.42. The molecular weight excluding hydrogens is 392 g/mol. The number of nitrogens with zero attached hydrogens (tertiary/aromatic N) is 4. The van der Waals surface area contributed by atoms with Gasteiger partial charge in [0, 0.05) is 31.7 Å². The Labute approximate surface area is 163 Å². The highest BCUT2D eigenvalue weighted by Crippen LogP contribution is 2.31. The van der Waals surface area contributed by atoms with Crippen LogP contribution in [-0.4, -0.2) is 63.3 Å². The number of ether oxygens (including phenoxy) is 2. The summed E-state index contributed by atoms with van der Waals surface area (Å²) in [5.41, 5.74) is 0. The topological polar surface area (TPSA) is 84.9 Å². The number of aromatic nitrogens is 2. The molecule has 0 spiro atoms. The third-order valence-corrected chi connectivity index (χ3v) is 6.34. The van der Waals surface area contributed by atoms with Gasteiger partial charge in [0.05, 0.1) is 13.7 Å². The summed E-state index contributed by atoms with van der Waals surface area (Å²) in [6.45, 7) is 0.557. The van der Waals surface area contributed by atoms with Gasteiger partial charge < -0.3 is 14.4 Å². The lowest BCUT2D eigenvalue weighted by atomic mass is 10.3. The van der Waals surface area contributed by atoms with Crippen molar-refractivity contribution in [3.8, 4) is 11.6 Å². The number of sulfonamides is 1. The Morgan fingerprint density at radius 1 is 1.22 bits per heavy atom. The van der Waals surface area contributed by atoms with Crippen molar-refractivity contribution in [3.05, 3.63) is 35.4 Å². The Morgan fingerprint density at radius 3 is 2.63 bits per heavy atom. The first-order valence-electron chi connectivity index (χ1n) is 8.32. The standard InChI is InChI=1S/C17H21ClN4O4S/c1-21(2)16-6-7-17(20-19-16)26-13-8-9-22(11-13)27(23,24)15-10-12(18)4-5-14(15)25-3/h4-7,10,13H,8-9,11H2,1-3H3. The van der Waals surface area contributed by atoms with Crippen LogP contribution in [0.25, 0.3) is 0 Å². The average molecular weight is 413 g/mol. The van der Waals surface area contributed by atoms with Crippen LogP contribution in [0.15, 0.2) is 35.2 Å². The van der Waals surface area contributed by atoms with Crippen molar-refractivity contribution < 1.29 is 17.9 Å². The lowest BCUT2D eigenvalue weighted by Crippen LogP contribution is -2.31. The van der Waals surface area contributed by atoms with Crippen LogP contribution < -0.4 is 14.4 Å². The molecule has 0 N–H and O–H groups in total. The van der Waals surface area contributed by atoms with E-state index >= 15 is 0 Å². The summed E-state index contributed by atoms with van der Waals surface area (Å²) in [5.74, 6) is 1.34. The Kier molecular flexibility index (Phi) is 5.73. The van der Waals surface area contributed by atoms with Gasteiger partial charge >= 0.3 is 0 Å². The molecule has 0 amide bonds.